The van der Waals surface area contributed by atoms with Gasteiger partial charge < -0.3 is 19.8 Å². The van der Waals surface area contributed by atoms with Gasteiger partial charge in [-0.05, 0) is 48.0 Å². The summed E-state index contributed by atoms with van der Waals surface area (Å²) in [6.07, 6.45) is 0.495. The number of imidazole rings is 1. The highest BCUT2D eigenvalue weighted by Crippen LogP contribution is 2.33. The normalized spacial score (nSPS) is 11.4. The van der Waals surface area contributed by atoms with Gasteiger partial charge in [0.15, 0.2) is 5.82 Å². The average molecular weight is 526 g/mol. The van der Waals surface area contributed by atoms with Crippen molar-refractivity contribution < 1.29 is 36.6 Å². The largest absolute Gasteiger partial charge is 0.464 e. The van der Waals surface area contributed by atoms with Gasteiger partial charge in [0.1, 0.15) is 28.7 Å². The van der Waals surface area contributed by atoms with E-state index in [1.54, 1.807) is 36.4 Å². The van der Waals surface area contributed by atoms with Gasteiger partial charge in [-0.25, -0.2) is 14.2 Å². The number of aromatic nitrogens is 3. The monoisotopic (exact) mass is 526 g/mol. The second-order valence-corrected chi connectivity index (χ2v) is 7.70. The van der Waals surface area contributed by atoms with E-state index < -0.39 is 29.4 Å². The van der Waals surface area contributed by atoms with E-state index in [1.807, 2.05) is 0 Å². The maximum atomic E-state index is 13.4. The molecule has 4 aromatic rings. The van der Waals surface area contributed by atoms with Crippen LogP contribution in [0.3, 0.4) is 0 Å². The molecular formula is C26H18F4N4O4. The summed E-state index contributed by atoms with van der Waals surface area (Å²) in [6, 6.07) is 12.1. The highest BCUT2D eigenvalue weighted by atomic mass is 19.4. The van der Waals surface area contributed by atoms with Crippen LogP contribution in [0.2, 0.25) is 0 Å². The van der Waals surface area contributed by atoms with Crippen molar-refractivity contribution in [1.29, 1.82) is 0 Å². The molecule has 0 unspecified atom stereocenters. The number of anilines is 1. The third-order valence-electron chi connectivity index (χ3n) is 5.02. The number of aromatic amines is 1. The first-order chi connectivity index (χ1) is 18.1. The lowest BCUT2D eigenvalue weighted by Crippen LogP contribution is -2.12. The van der Waals surface area contributed by atoms with Crippen LogP contribution in [0, 0.1) is 5.82 Å². The van der Waals surface area contributed by atoms with E-state index in [0.717, 1.165) is 12.1 Å². The molecule has 0 spiro atoms. The highest BCUT2D eigenvalue weighted by Gasteiger charge is 2.34. The molecule has 0 bridgehead atoms. The second-order valence-electron chi connectivity index (χ2n) is 7.70. The van der Waals surface area contributed by atoms with E-state index in [-0.39, 0.29) is 11.4 Å². The molecule has 0 saturated carbocycles. The first-order valence-electron chi connectivity index (χ1n) is 10.9. The van der Waals surface area contributed by atoms with Crippen molar-refractivity contribution in [3.63, 3.8) is 0 Å². The van der Waals surface area contributed by atoms with E-state index in [0.29, 0.717) is 40.7 Å². The maximum absolute atomic E-state index is 13.4. The zero-order valence-electron chi connectivity index (χ0n) is 19.5. The van der Waals surface area contributed by atoms with Crippen LogP contribution in [0.25, 0.3) is 17.6 Å². The smallest absolute Gasteiger partial charge is 0.419 e. The topological polar surface area (TPSA) is 106 Å². The van der Waals surface area contributed by atoms with Crippen LogP contribution in [0.1, 0.15) is 21.6 Å². The van der Waals surface area contributed by atoms with Crippen LogP contribution in [0.5, 0.6) is 11.5 Å². The minimum Gasteiger partial charge on any atom is -0.464 e. The molecule has 2 heterocycles. The van der Waals surface area contributed by atoms with E-state index >= 15 is 0 Å². The summed E-state index contributed by atoms with van der Waals surface area (Å²) >= 11 is 0. The molecule has 194 valence electrons. The number of carbonyl (C=O) groups is 2. The van der Waals surface area contributed by atoms with Crippen molar-refractivity contribution in [3.8, 4) is 23.0 Å². The van der Waals surface area contributed by atoms with Crippen molar-refractivity contribution in [2.75, 3.05) is 12.4 Å². The Hall–Kier alpha value is -5.00. The van der Waals surface area contributed by atoms with Crippen LogP contribution >= 0.6 is 0 Å². The summed E-state index contributed by atoms with van der Waals surface area (Å²) < 4.78 is 62.6. The van der Waals surface area contributed by atoms with Crippen molar-refractivity contribution >= 4 is 23.6 Å². The van der Waals surface area contributed by atoms with E-state index in [9.17, 15) is 27.2 Å². The van der Waals surface area contributed by atoms with Crippen molar-refractivity contribution in [2.24, 2.45) is 0 Å². The lowest BCUT2D eigenvalue weighted by Gasteiger charge is -2.10. The zero-order chi connectivity index (χ0) is 27.3. The SMILES string of the molecule is COC(=O)c1cnc(-c2cc(Oc3cccc(/C=C/C(=O)Nc4ccc(F)c(C(F)(F)F)c4)c3)ccn2)[nH]1. The fraction of sp³-hybridized carbons (Fsp3) is 0.0769. The van der Waals surface area contributed by atoms with Gasteiger partial charge in [0.05, 0.1) is 18.9 Å². The Balaban J connectivity index is 1.43. The quantitative estimate of drug-likeness (QED) is 0.178. The minimum absolute atomic E-state index is 0.166. The predicted molar refractivity (Wildman–Crippen MR) is 129 cm³/mol. The molecule has 0 aliphatic heterocycles. The number of hydrogen-bond donors (Lipinski definition) is 2. The fourth-order valence-electron chi connectivity index (χ4n) is 3.26. The van der Waals surface area contributed by atoms with Gasteiger partial charge in [-0.15, -0.1) is 0 Å². The highest BCUT2D eigenvalue weighted by molar-refractivity contribution is 6.02. The number of hydrogen-bond acceptors (Lipinski definition) is 6. The van der Waals surface area contributed by atoms with Crippen molar-refractivity contribution in [2.45, 2.75) is 6.18 Å². The molecule has 2 N–H and O–H groups in total. The molecule has 0 radical (unpaired) electrons. The number of nitrogens with one attached hydrogen (secondary N) is 2. The summed E-state index contributed by atoms with van der Waals surface area (Å²) in [7, 11) is 1.25. The molecule has 38 heavy (non-hydrogen) atoms. The Morgan fingerprint density at radius 2 is 1.82 bits per heavy atom. The van der Waals surface area contributed by atoms with Gasteiger partial charge >= 0.3 is 12.1 Å². The Bertz CT molecular complexity index is 1520. The molecule has 12 heteroatoms. The fourth-order valence-corrected chi connectivity index (χ4v) is 3.26. The van der Waals surface area contributed by atoms with Gasteiger partial charge in [0.25, 0.3) is 0 Å². The Morgan fingerprint density at radius 3 is 2.58 bits per heavy atom. The number of nitrogens with zero attached hydrogens (tertiary/aromatic N) is 2. The summed E-state index contributed by atoms with van der Waals surface area (Å²) in [6.45, 7) is 0. The standard InChI is InChI=1S/C26H18F4N4O4/c1-37-25(36)22-14-32-24(34-22)21-13-18(9-10-31-21)38-17-4-2-3-15(11-17)5-8-23(35)33-16-6-7-20(27)19(12-16)26(28,29)30/h2-14H,1H3,(H,32,34)(H,33,35)/b8-5+. The number of pyridine rings is 1. The lowest BCUT2D eigenvalue weighted by molar-refractivity contribution is -0.140. The van der Waals surface area contributed by atoms with Crippen LogP contribution in [-0.4, -0.2) is 33.9 Å². The van der Waals surface area contributed by atoms with E-state index in [2.05, 4.69) is 25.0 Å². The van der Waals surface area contributed by atoms with Gasteiger partial charge in [0.2, 0.25) is 5.91 Å². The summed E-state index contributed by atoms with van der Waals surface area (Å²) in [5.74, 6) is -1.53. The van der Waals surface area contributed by atoms with E-state index in [1.165, 1.54) is 25.6 Å². The van der Waals surface area contributed by atoms with Crippen LogP contribution < -0.4 is 10.1 Å². The first kappa shape index (κ1) is 26.1. The summed E-state index contributed by atoms with van der Waals surface area (Å²) in [5, 5.41) is 2.27. The van der Waals surface area contributed by atoms with Gasteiger partial charge in [-0.3, -0.25) is 9.78 Å². The number of benzene rings is 2. The number of ether oxygens (including phenoxy) is 2. The molecule has 8 nitrogen and oxygen atoms in total. The first-order valence-corrected chi connectivity index (χ1v) is 10.9. The number of carbonyl (C=O) groups excluding carboxylic acids is 2. The maximum Gasteiger partial charge on any atom is 0.419 e. The van der Waals surface area contributed by atoms with E-state index in [4.69, 9.17) is 4.74 Å². The number of alkyl halides is 3. The van der Waals surface area contributed by atoms with Crippen molar-refractivity contribution in [1.82, 2.24) is 15.0 Å². The number of amides is 1. The van der Waals surface area contributed by atoms with Gasteiger partial charge in [0, 0.05) is 24.0 Å². The molecule has 1 amide bonds. The number of esters is 1. The van der Waals surface area contributed by atoms with Crippen molar-refractivity contribution in [3.05, 3.63) is 95.7 Å². The van der Waals surface area contributed by atoms with Crippen LogP contribution in [0.4, 0.5) is 23.2 Å². The average Bonchev–Trinajstić information content (AvgIpc) is 3.38. The number of H-pyrrole nitrogens is 1. The number of rotatable bonds is 7. The molecule has 2 aromatic carbocycles. The molecule has 0 saturated heterocycles. The Labute approximate surface area is 213 Å². The molecule has 2 aromatic heterocycles. The lowest BCUT2D eigenvalue weighted by atomic mass is 10.1. The minimum atomic E-state index is -4.89. The summed E-state index contributed by atoms with van der Waals surface area (Å²) in [4.78, 5) is 35.0. The number of halogens is 4. The molecule has 4 rings (SSSR count). The Morgan fingerprint density at radius 1 is 1.03 bits per heavy atom. The third kappa shape index (κ3) is 6.40. The zero-order valence-corrected chi connectivity index (χ0v) is 19.5. The van der Waals surface area contributed by atoms with Crippen LogP contribution in [-0.2, 0) is 15.7 Å². The van der Waals surface area contributed by atoms with Gasteiger partial charge in [-0.1, -0.05) is 12.1 Å². The third-order valence-corrected chi connectivity index (χ3v) is 5.02. The predicted octanol–water partition coefficient (Wildman–Crippen LogP) is 5.86. The van der Waals surface area contributed by atoms with Crippen LogP contribution in [0.15, 0.2) is 73.1 Å². The molecule has 0 atom stereocenters. The van der Waals surface area contributed by atoms with Gasteiger partial charge in [-0.2, -0.15) is 13.2 Å². The Kier molecular flexibility index (Phi) is 7.51. The number of methoxy groups -OCH3 is 1. The molecule has 0 aliphatic rings. The molecule has 0 aliphatic carbocycles. The molecular weight excluding hydrogens is 508 g/mol. The summed E-state index contributed by atoms with van der Waals surface area (Å²) in [5.41, 5.74) is -0.524. The second kappa shape index (κ2) is 10.9. The molecule has 0 fully saturated rings.